The smallest absolute Gasteiger partial charge is 0.420 e. The SMILES string of the molecule is CCC1CCC(Oc2ccc3cc(CCN4CCCC(CC(=O)O)C4)ccc3c2C(F)(F)F)CC1. The van der Waals surface area contributed by atoms with Crippen LogP contribution in [0.3, 0.4) is 0 Å². The number of ether oxygens (including phenoxy) is 1. The number of hydrogen-bond acceptors (Lipinski definition) is 3. The van der Waals surface area contributed by atoms with Gasteiger partial charge in [-0.05, 0) is 85.7 Å². The van der Waals surface area contributed by atoms with Crippen molar-refractivity contribution >= 4 is 16.7 Å². The number of alkyl halides is 3. The predicted molar refractivity (Wildman–Crippen MR) is 131 cm³/mol. The highest BCUT2D eigenvalue weighted by Gasteiger charge is 2.37. The van der Waals surface area contributed by atoms with Gasteiger partial charge in [-0.3, -0.25) is 4.79 Å². The Hall–Kier alpha value is -2.28. The topological polar surface area (TPSA) is 49.8 Å². The average Bonchev–Trinajstić information content (AvgIpc) is 2.82. The second-order valence-electron chi connectivity index (χ2n) is 10.3. The number of nitrogens with zero attached hydrogens (tertiary/aromatic N) is 1. The van der Waals surface area contributed by atoms with Crippen LogP contribution in [0, 0.1) is 11.8 Å². The lowest BCUT2D eigenvalue weighted by Gasteiger charge is -2.32. The molecule has 0 aromatic heterocycles. The van der Waals surface area contributed by atoms with E-state index in [0.29, 0.717) is 11.3 Å². The van der Waals surface area contributed by atoms with Gasteiger partial charge in [0.2, 0.25) is 0 Å². The first kappa shape index (κ1) is 25.8. The molecule has 1 heterocycles. The van der Waals surface area contributed by atoms with Gasteiger partial charge in [-0.1, -0.05) is 37.6 Å². The molecule has 2 aliphatic rings. The molecule has 192 valence electrons. The van der Waals surface area contributed by atoms with Gasteiger partial charge in [-0.15, -0.1) is 0 Å². The number of fused-ring (bicyclic) bond motifs is 1. The zero-order valence-electron chi connectivity index (χ0n) is 20.4. The molecule has 0 spiro atoms. The molecule has 0 amide bonds. The fraction of sp³-hybridized carbons (Fsp3) is 0.607. The molecule has 1 N–H and O–H groups in total. The molecule has 4 nitrogen and oxygen atoms in total. The van der Waals surface area contributed by atoms with E-state index in [4.69, 9.17) is 9.84 Å². The van der Waals surface area contributed by atoms with Crippen molar-refractivity contribution in [3.8, 4) is 5.75 Å². The standard InChI is InChI=1S/C28H36F3NO3/c1-2-19-5-9-23(10-6-19)35-25-12-8-22-16-20(7-11-24(22)27(25)28(29,30)31)13-15-32-14-3-4-21(18-32)17-26(33)34/h7-8,11-12,16,19,21,23H,2-6,9-10,13-15,17-18H2,1H3,(H,33,34). The Morgan fingerprint density at radius 2 is 1.86 bits per heavy atom. The summed E-state index contributed by atoms with van der Waals surface area (Å²) in [5.74, 6) is 0.00178. The van der Waals surface area contributed by atoms with E-state index >= 15 is 0 Å². The van der Waals surface area contributed by atoms with Crippen LogP contribution in [0.15, 0.2) is 30.3 Å². The number of aliphatic carboxylic acids is 1. The Bertz CT molecular complexity index is 1010. The molecule has 2 aromatic carbocycles. The molecule has 1 aliphatic heterocycles. The molecule has 0 bridgehead atoms. The van der Waals surface area contributed by atoms with Crippen molar-refractivity contribution in [3.63, 3.8) is 0 Å². The maximum Gasteiger partial charge on any atom is 0.420 e. The largest absolute Gasteiger partial charge is 0.490 e. The number of rotatable bonds is 8. The summed E-state index contributed by atoms with van der Waals surface area (Å²) < 4.78 is 48.4. The van der Waals surface area contributed by atoms with E-state index in [1.165, 1.54) is 6.07 Å². The number of hydrogen-bond donors (Lipinski definition) is 1. The molecule has 1 saturated heterocycles. The molecule has 7 heteroatoms. The monoisotopic (exact) mass is 491 g/mol. The minimum atomic E-state index is -4.50. The number of carboxylic acid groups (broad SMARTS) is 1. The van der Waals surface area contributed by atoms with Crippen molar-refractivity contribution in [2.75, 3.05) is 19.6 Å². The van der Waals surface area contributed by atoms with Crippen LogP contribution in [-0.2, 0) is 17.4 Å². The molecule has 2 aromatic rings. The van der Waals surface area contributed by atoms with E-state index in [1.807, 2.05) is 6.07 Å². The van der Waals surface area contributed by atoms with E-state index in [2.05, 4.69) is 11.8 Å². The second kappa shape index (κ2) is 11.2. The van der Waals surface area contributed by atoms with E-state index in [9.17, 15) is 18.0 Å². The lowest BCUT2D eigenvalue weighted by molar-refractivity contribution is -0.139. The summed E-state index contributed by atoms with van der Waals surface area (Å²) in [5.41, 5.74) is 0.309. The zero-order chi connectivity index (χ0) is 25.0. The van der Waals surface area contributed by atoms with Crippen molar-refractivity contribution < 1.29 is 27.8 Å². The molecule has 0 radical (unpaired) electrons. The van der Waals surface area contributed by atoms with Crippen LogP contribution in [0.1, 0.15) is 69.4 Å². The molecule has 35 heavy (non-hydrogen) atoms. The van der Waals surface area contributed by atoms with E-state index in [0.717, 1.165) is 76.6 Å². The van der Waals surface area contributed by atoms with Gasteiger partial charge >= 0.3 is 12.1 Å². The second-order valence-corrected chi connectivity index (χ2v) is 10.3. The molecule has 1 atom stereocenters. The van der Waals surface area contributed by atoms with Gasteiger partial charge in [0.25, 0.3) is 0 Å². The molecular formula is C28H36F3NO3. The van der Waals surface area contributed by atoms with E-state index in [-0.39, 0.29) is 29.6 Å². The first-order valence-electron chi connectivity index (χ1n) is 13.0. The number of piperidine rings is 1. The highest BCUT2D eigenvalue weighted by molar-refractivity contribution is 5.89. The van der Waals surface area contributed by atoms with Crippen LogP contribution >= 0.6 is 0 Å². The van der Waals surface area contributed by atoms with Gasteiger partial charge < -0.3 is 14.7 Å². The Balaban J connectivity index is 1.47. The summed E-state index contributed by atoms with van der Waals surface area (Å²) in [6, 6.07) is 8.44. The fourth-order valence-electron chi connectivity index (χ4n) is 5.80. The summed E-state index contributed by atoms with van der Waals surface area (Å²) in [5, 5.41) is 9.81. The number of likely N-dealkylation sites (tertiary alicyclic amines) is 1. The molecular weight excluding hydrogens is 455 g/mol. The van der Waals surface area contributed by atoms with Crippen LogP contribution in [0.25, 0.3) is 10.8 Å². The Morgan fingerprint density at radius 3 is 2.54 bits per heavy atom. The molecule has 4 rings (SSSR count). The summed E-state index contributed by atoms with van der Waals surface area (Å²) in [4.78, 5) is 13.3. The molecule has 1 unspecified atom stereocenters. The highest BCUT2D eigenvalue weighted by atomic mass is 19.4. The lowest BCUT2D eigenvalue weighted by Crippen LogP contribution is -2.37. The third kappa shape index (κ3) is 6.69. The summed E-state index contributed by atoms with van der Waals surface area (Å²) >= 11 is 0. The third-order valence-electron chi connectivity index (χ3n) is 7.78. The van der Waals surface area contributed by atoms with Gasteiger partial charge in [-0.2, -0.15) is 13.2 Å². The fourth-order valence-corrected chi connectivity index (χ4v) is 5.80. The Kier molecular flexibility index (Phi) is 8.25. The number of benzene rings is 2. The molecule has 1 aliphatic carbocycles. The summed E-state index contributed by atoms with van der Waals surface area (Å²) in [6.07, 6.45) is 2.90. The van der Waals surface area contributed by atoms with Crippen LogP contribution in [0.4, 0.5) is 13.2 Å². The maximum absolute atomic E-state index is 14.1. The van der Waals surface area contributed by atoms with Gasteiger partial charge in [0.15, 0.2) is 0 Å². The number of carboxylic acids is 1. The third-order valence-corrected chi connectivity index (χ3v) is 7.78. The molecule has 1 saturated carbocycles. The Morgan fingerprint density at radius 1 is 1.09 bits per heavy atom. The van der Waals surface area contributed by atoms with Crippen LogP contribution in [0.5, 0.6) is 5.75 Å². The molecule has 2 fully saturated rings. The normalized spacial score (nSPS) is 23.9. The number of halogens is 3. The average molecular weight is 492 g/mol. The van der Waals surface area contributed by atoms with Gasteiger partial charge in [0.1, 0.15) is 11.3 Å². The van der Waals surface area contributed by atoms with Crippen molar-refractivity contribution in [2.45, 2.75) is 77.0 Å². The zero-order valence-corrected chi connectivity index (χ0v) is 20.4. The minimum Gasteiger partial charge on any atom is -0.490 e. The number of carbonyl (C=O) groups is 1. The maximum atomic E-state index is 14.1. The van der Waals surface area contributed by atoms with E-state index < -0.39 is 17.7 Å². The van der Waals surface area contributed by atoms with Crippen molar-refractivity contribution in [3.05, 3.63) is 41.5 Å². The van der Waals surface area contributed by atoms with E-state index in [1.54, 1.807) is 18.2 Å². The lowest BCUT2D eigenvalue weighted by atomic mass is 9.86. The highest BCUT2D eigenvalue weighted by Crippen LogP contribution is 2.43. The van der Waals surface area contributed by atoms with Crippen LogP contribution < -0.4 is 4.74 Å². The summed E-state index contributed by atoms with van der Waals surface area (Å²) in [7, 11) is 0. The first-order chi connectivity index (χ1) is 16.7. The minimum absolute atomic E-state index is 0.0597. The van der Waals surface area contributed by atoms with Gasteiger partial charge in [0.05, 0.1) is 6.10 Å². The van der Waals surface area contributed by atoms with Crippen LogP contribution in [0.2, 0.25) is 0 Å². The van der Waals surface area contributed by atoms with Crippen LogP contribution in [-0.4, -0.2) is 41.7 Å². The Labute approximate surface area is 205 Å². The van der Waals surface area contributed by atoms with Crippen molar-refractivity contribution in [1.82, 2.24) is 4.90 Å². The predicted octanol–water partition coefficient (Wildman–Crippen LogP) is 6.94. The van der Waals surface area contributed by atoms with Gasteiger partial charge in [-0.25, -0.2) is 0 Å². The van der Waals surface area contributed by atoms with Crippen molar-refractivity contribution in [1.29, 1.82) is 0 Å². The first-order valence-corrected chi connectivity index (χ1v) is 13.0. The quantitative estimate of drug-likeness (QED) is 0.435. The van der Waals surface area contributed by atoms with Gasteiger partial charge in [0, 0.05) is 19.5 Å². The van der Waals surface area contributed by atoms with Crippen molar-refractivity contribution in [2.24, 2.45) is 11.8 Å². The summed E-state index contributed by atoms with van der Waals surface area (Å²) in [6.45, 7) is 4.63.